The summed E-state index contributed by atoms with van der Waals surface area (Å²) in [5, 5.41) is 6.58. The van der Waals surface area contributed by atoms with Crippen LogP contribution in [0, 0.1) is 6.92 Å². The van der Waals surface area contributed by atoms with Crippen LogP contribution >= 0.6 is 39.9 Å². The normalized spacial score (nSPS) is 11.8. The van der Waals surface area contributed by atoms with E-state index < -0.39 is 0 Å². The number of nitrogens with one attached hydrogen (secondary N) is 2. The first-order chi connectivity index (χ1) is 9.38. The van der Waals surface area contributed by atoms with Crippen molar-refractivity contribution in [1.29, 1.82) is 0 Å². The lowest BCUT2D eigenvalue weighted by Gasteiger charge is -2.24. The van der Waals surface area contributed by atoms with E-state index in [1.54, 1.807) is 14.2 Å². The summed E-state index contributed by atoms with van der Waals surface area (Å²) >= 11 is 3.47. The van der Waals surface area contributed by atoms with Gasteiger partial charge in [0.2, 0.25) is 0 Å². The van der Waals surface area contributed by atoms with Gasteiger partial charge >= 0.3 is 0 Å². The third kappa shape index (κ3) is 7.46. The zero-order valence-electron chi connectivity index (χ0n) is 13.3. The molecule has 2 N–H and O–H groups in total. The van der Waals surface area contributed by atoms with Gasteiger partial charge in [-0.3, -0.25) is 4.99 Å². The number of methoxy groups -OCH3 is 1. The highest BCUT2D eigenvalue weighted by Gasteiger charge is 2.16. The van der Waals surface area contributed by atoms with E-state index in [0.717, 1.165) is 17.0 Å². The van der Waals surface area contributed by atoms with E-state index in [2.05, 4.69) is 50.6 Å². The van der Waals surface area contributed by atoms with Crippen LogP contribution in [0.15, 0.2) is 27.7 Å². The van der Waals surface area contributed by atoms with Gasteiger partial charge in [0.1, 0.15) is 0 Å². The molecule has 1 aromatic rings. The van der Waals surface area contributed by atoms with E-state index in [0.29, 0.717) is 6.54 Å². The molecule has 0 aliphatic carbocycles. The second-order valence-electron chi connectivity index (χ2n) is 5.31. The smallest absolute Gasteiger partial charge is 0.191 e. The van der Waals surface area contributed by atoms with E-state index in [4.69, 9.17) is 4.74 Å². The van der Waals surface area contributed by atoms with Gasteiger partial charge in [0.25, 0.3) is 0 Å². The van der Waals surface area contributed by atoms with Crippen molar-refractivity contribution >= 4 is 45.9 Å². The molecule has 0 spiro atoms. The van der Waals surface area contributed by atoms with Crippen molar-refractivity contribution in [2.24, 2.45) is 4.99 Å². The SMILES string of the molecule is CN=C(NCc1ccc(Br)cc1C)NCC(C)(C)OC.I. The van der Waals surface area contributed by atoms with Crippen molar-refractivity contribution in [2.75, 3.05) is 20.7 Å². The highest BCUT2D eigenvalue weighted by Crippen LogP contribution is 2.15. The minimum Gasteiger partial charge on any atom is -0.377 e. The molecule has 0 aliphatic rings. The Labute approximate surface area is 153 Å². The molecule has 1 aromatic carbocycles. The van der Waals surface area contributed by atoms with Crippen LogP contribution in [-0.4, -0.2) is 32.3 Å². The molecule has 0 unspecified atom stereocenters. The van der Waals surface area contributed by atoms with Crippen molar-refractivity contribution < 1.29 is 4.74 Å². The molecule has 0 atom stereocenters. The Hall–Kier alpha value is -0.340. The van der Waals surface area contributed by atoms with Crippen LogP contribution in [-0.2, 0) is 11.3 Å². The maximum atomic E-state index is 5.38. The largest absolute Gasteiger partial charge is 0.377 e. The van der Waals surface area contributed by atoms with Gasteiger partial charge in [-0.25, -0.2) is 0 Å². The van der Waals surface area contributed by atoms with Crippen molar-refractivity contribution in [3.05, 3.63) is 33.8 Å². The Morgan fingerprint density at radius 2 is 2.00 bits per heavy atom. The summed E-state index contributed by atoms with van der Waals surface area (Å²) in [5.41, 5.74) is 2.28. The number of halogens is 2. The first-order valence-electron chi connectivity index (χ1n) is 6.62. The molecule has 0 bridgehead atoms. The van der Waals surface area contributed by atoms with Gasteiger partial charge < -0.3 is 15.4 Å². The second-order valence-corrected chi connectivity index (χ2v) is 6.23. The van der Waals surface area contributed by atoms with E-state index in [-0.39, 0.29) is 29.6 Å². The number of ether oxygens (including phenoxy) is 1. The molecule has 120 valence electrons. The van der Waals surface area contributed by atoms with Crippen molar-refractivity contribution in [2.45, 2.75) is 32.9 Å². The van der Waals surface area contributed by atoms with Crippen molar-refractivity contribution in [1.82, 2.24) is 10.6 Å². The third-order valence-electron chi connectivity index (χ3n) is 3.21. The average Bonchev–Trinajstić information content (AvgIpc) is 2.41. The Morgan fingerprint density at radius 1 is 1.33 bits per heavy atom. The summed E-state index contributed by atoms with van der Waals surface area (Å²) in [4.78, 5) is 4.22. The predicted molar refractivity (Wildman–Crippen MR) is 104 cm³/mol. The van der Waals surface area contributed by atoms with Gasteiger partial charge in [-0.1, -0.05) is 22.0 Å². The highest BCUT2D eigenvalue weighted by molar-refractivity contribution is 14.0. The molecule has 6 heteroatoms. The molecule has 1 rings (SSSR count). The summed E-state index contributed by atoms with van der Waals surface area (Å²) in [5.74, 6) is 0.775. The van der Waals surface area contributed by atoms with Crippen molar-refractivity contribution in [3.8, 4) is 0 Å². The van der Waals surface area contributed by atoms with Gasteiger partial charge in [-0.15, -0.1) is 24.0 Å². The molecule has 0 aliphatic heterocycles. The molecular formula is C15H25BrIN3O. The van der Waals surface area contributed by atoms with Gasteiger partial charge in [0, 0.05) is 31.7 Å². The first-order valence-corrected chi connectivity index (χ1v) is 7.42. The Kier molecular flexibility index (Phi) is 9.48. The molecule has 0 saturated heterocycles. The summed E-state index contributed by atoms with van der Waals surface area (Å²) in [6.45, 7) is 7.61. The summed E-state index contributed by atoms with van der Waals surface area (Å²) in [7, 11) is 3.48. The molecule has 21 heavy (non-hydrogen) atoms. The zero-order chi connectivity index (χ0) is 15.2. The zero-order valence-corrected chi connectivity index (χ0v) is 17.2. The standard InChI is InChI=1S/C15H24BrN3O.HI/c1-11-8-13(16)7-6-12(11)9-18-14(17-4)19-10-15(2,3)20-5;/h6-8H,9-10H2,1-5H3,(H2,17,18,19);1H. The first kappa shape index (κ1) is 20.7. The average molecular weight is 470 g/mol. The summed E-state index contributed by atoms with van der Waals surface area (Å²) in [6, 6.07) is 6.27. The monoisotopic (exact) mass is 469 g/mol. The number of guanidine groups is 1. The maximum absolute atomic E-state index is 5.38. The quantitative estimate of drug-likeness (QED) is 0.394. The fourth-order valence-electron chi connectivity index (χ4n) is 1.63. The molecule has 0 radical (unpaired) electrons. The minimum absolute atomic E-state index is 0. The van der Waals surface area contributed by atoms with Gasteiger partial charge in [0.15, 0.2) is 5.96 Å². The van der Waals surface area contributed by atoms with Gasteiger partial charge in [-0.05, 0) is 44.0 Å². The second kappa shape index (κ2) is 9.63. The minimum atomic E-state index is -0.217. The molecule has 0 aromatic heterocycles. The van der Waals surface area contributed by atoms with Gasteiger partial charge in [-0.2, -0.15) is 0 Å². The number of rotatable bonds is 5. The van der Waals surface area contributed by atoms with E-state index in [1.165, 1.54) is 11.1 Å². The van der Waals surface area contributed by atoms with E-state index in [9.17, 15) is 0 Å². The molecule has 0 heterocycles. The highest BCUT2D eigenvalue weighted by atomic mass is 127. The summed E-state index contributed by atoms with van der Waals surface area (Å²) < 4.78 is 6.48. The number of aryl methyl sites for hydroxylation is 1. The van der Waals surface area contributed by atoms with Crippen LogP contribution in [0.2, 0.25) is 0 Å². The van der Waals surface area contributed by atoms with Crippen LogP contribution < -0.4 is 10.6 Å². The molecule has 0 amide bonds. The number of benzene rings is 1. The molecule has 0 fully saturated rings. The number of aliphatic imine (C=N–C) groups is 1. The van der Waals surface area contributed by atoms with Crippen LogP contribution in [0.5, 0.6) is 0 Å². The molecule has 4 nitrogen and oxygen atoms in total. The van der Waals surface area contributed by atoms with Gasteiger partial charge in [0.05, 0.1) is 5.60 Å². The Bertz CT molecular complexity index is 478. The number of nitrogens with zero attached hydrogens (tertiary/aromatic N) is 1. The van der Waals surface area contributed by atoms with Crippen LogP contribution in [0.1, 0.15) is 25.0 Å². The Balaban J connectivity index is 0.00000400. The molecule has 0 saturated carbocycles. The fourth-order valence-corrected chi connectivity index (χ4v) is 2.10. The topological polar surface area (TPSA) is 45.7 Å². The fraction of sp³-hybridized carbons (Fsp3) is 0.533. The lowest BCUT2D eigenvalue weighted by Crippen LogP contribution is -2.45. The number of hydrogen-bond acceptors (Lipinski definition) is 2. The predicted octanol–water partition coefficient (Wildman–Crippen LogP) is 3.47. The lowest BCUT2D eigenvalue weighted by molar-refractivity contribution is 0.0268. The van der Waals surface area contributed by atoms with Crippen LogP contribution in [0.4, 0.5) is 0 Å². The van der Waals surface area contributed by atoms with E-state index in [1.807, 2.05) is 19.9 Å². The molecular weight excluding hydrogens is 445 g/mol. The summed E-state index contributed by atoms with van der Waals surface area (Å²) in [6.07, 6.45) is 0. The maximum Gasteiger partial charge on any atom is 0.191 e. The van der Waals surface area contributed by atoms with Crippen LogP contribution in [0.25, 0.3) is 0 Å². The number of hydrogen-bond donors (Lipinski definition) is 2. The van der Waals surface area contributed by atoms with E-state index >= 15 is 0 Å². The lowest BCUT2D eigenvalue weighted by atomic mass is 10.1. The van der Waals surface area contributed by atoms with Crippen LogP contribution in [0.3, 0.4) is 0 Å². The van der Waals surface area contributed by atoms with Crippen molar-refractivity contribution in [3.63, 3.8) is 0 Å². The third-order valence-corrected chi connectivity index (χ3v) is 3.70. The Morgan fingerprint density at radius 3 is 2.52 bits per heavy atom.